The minimum atomic E-state index is -4.55. The third-order valence-electron chi connectivity index (χ3n) is 7.07. The summed E-state index contributed by atoms with van der Waals surface area (Å²) in [6.45, 7) is 6.53. The average Bonchev–Trinajstić information content (AvgIpc) is 2.99. The number of methoxy groups -OCH3 is 1. The molecule has 0 aliphatic rings. The van der Waals surface area contributed by atoms with E-state index >= 15 is 0 Å². The van der Waals surface area contributed by atoms with Crippen molar-refractivity contribution in [2.75, 3.05) is 24.5 Å². The van der Waals surface area contributed by atoms with Crippen LogP contribution in [-0.2, 0) is 26.2 Å². The van der Waals surface area contributed by atoms with E-state index in [4.69, 9.17) is 27.9 Å². The number of hydrogen-bond donors (Lipinski definition) is 1. The highest BCUT2D eigenvalue weighted by Crippen LogP contribution is 2.31. The Kier molecular flexibility index (Phi) is 12.2. The Balaban J connectivity index is 2.15. The normalized spacial score (nSPS) is 12.0. The van der Waals surface area contributed by atoms with Crippen molar-refractivity contribution in [3.8, 4) is 5.75 Å². The largest absolute Gasteiger partial charge is 0.497 e. The lowest BCUT2D eigenvalue weighted by Crippen LogP contribution is -2.52. The number of ether oxygens (including phenoxy) is 1. The van der Waals surface area contributed by atoms with Gasteiger partial charge in [-0.15, -0.1) is 0 Å². The van der Waals surface area contributed by atoms with Gasteiger partial charge in [0.1, 0.15) is 18.3 Å². The zero-order valence-corrected chi connectivity index (χ0v) is 27.9. The molecule has 14 heteroatoms. The Morgan fingerprint density at radius 2 is 1.67 bits per heavy atom. The monoisotopic (exact) mass is 678 g/mol. The highest BCUT2D eigenvalue weighted by atomic mass is 35.5. The standard InChI is InChI=1S/C31H36Cl2N4O7S/c1-6-28(31(39)34-17-20(2)3)35(18-25-26(32)8-7-9-27(25)33)30(38)19-36(22-11-13-23(44-5)14-12-22)45(42,43)24-15-10-21(4)29(16-24)37(40)41/h7-16,20,28H,6,17-19H2,1-5H3,(H,34,39)/t28-/m0/s1. The van der Waals surface area contributed by atoms with Crippen LogP contribution < -0.4 is 14.4 Å². The molecule has 242 valence electrons. The molecule has 2 amide bonds. The molecule has 0 radical (unpaired) electrons. The first-order chi connectivity index (χ1) is 21.2. The summed E-state index contributed by atoms with van der Waals surface area (Å²) in [7, 11) is -3.10. The lowest BCUT2D eigenvalue weighted by atomic mass is 10.1. The van der Waals surface area contributed by atoms with Crippen molar-refractivity contribution in [2.45, 2.75) is 51.6 Å². The van der Waals surface area contributed by atoms with Crippen LogP contribution in [0.15, 0.2) is 65.6 Å². The van der Waals surface area contributed by atoms with Gasteiger partial charge in [-0.2, -0.15) is 0 Å². The molecule has 0 saturated heterocycles. The quantitative estimate of drug-likeness (QED) is 0.163. The van der Waals surface area contributed by atoms with E-state index in [0.29, 0.717) is 17.9 Å². The molecule has 3 aromatic carbocycles. The number of anilines is 1. The van der Waals surface area contributed by atoms with E-state index in [1.165, 1.54) is 55.3 Å². The van der Waals surface area contributed by atoms with Crippen LogP contribution in [0.3, 0.4) is 0 Å². The molecule has 0 aliphatic carbocycles. The number of carbonyl (C=O) groups excluding carboxylic acids is 2. The van der Waals surface area contributed by atoms with Crippen molar-refractivity contribution in [3.63, 3.8) is 0 Å². The highest BCUT2D eigenvalue weighted by Gasteiger charge is 2.35. The van der Waals surface area contributed by atoms with E-state index in [0.717, 1.165) is 10.4 Å². The summed E-state index contributed by atoms with van der Waals surface area (Å²) in [4.78, 5) is 39.5. The third-order valence-corrected chi connectivity index (χ3v) is 9.54. The molecular weight excluding hydrogens is 643 g/mol. The van der Waals surface area contributed by atoms with Crippen molar-refractivity contribution < 1.29 is 27.7 Å². The average molecular weight is 680 g/mol. The van der Waals surface area contributed by atoms with Gasteiger partial charge in [-0.25, -0.2) is 8.42 Å². The maximum atomic E-state index is 14.2. The minimum absolute atomic E-state index is 0.0976. The second-order valence-corrected chi connectivity index (χ2v) is 13.4. The molecule has 11 nitrogen and oxygen atoms in total. The molecule has 0 saturated carbocycles. The summed E-state index contributed by atoms with van der Waals surface area (Å²) in [6, 6.07) is 13.3. The number of amides is 2. The van der Waals surface area contributed by atoms with Crippen molar-refractivity contribution in [2.24, 2.45) is 5.92 Å². The molecule has 0 heterocycles. The second-order valence-electron chi connectivity index (χ2n) is 10.7. The lowest BCUT2D eigenvalue weighted by Gasteiger charge is -2.33. The molecule has 0 bridgehead atoms. The summed E-state index contributed by atoms with van der Waals surface area (Å²) < 4.78 is 34.3. The maximum Gasteiger partial charge on any atom is 0.273 e. The first-order valence-corrected chi connectivity index (χ1v) is 16.3. The molecule has 1 atom stereocenters. The summed E-state index contributed by atoms with van der Waals surface area (Å²) in [5.41, 5.74) is 0.365. The van der Waals surface area contributed by atoms with Gasteiger partial charge in [0.05, 0.1) is 22.6 Å². The first kappa shape index (κ1) is 35.6. The van der Waals surface area contributed by atoms with Crippen LogP contribution in [0.4, 0.5) is 11.4 Å². The van der Waals surface area contributed by atoms with E-state index in [1.807, 2.05) is 13.8 Å². The van der Waals surface area contributed by atoms with Crippen molar-refractivity contribution in [3.05, 3.63) is 92.0 Å². The number of hydrogen-bond acceptors (Lipinski definition) is 7. The van der Waals surface area contributed by atoms with Crippen molar-refractivity contribution >= 4 is 56.4 Å². The number of rotatable bonds is 14. The van der Waals surface area contributed by atoms with Gasteiger partial charge in [0.15, 0.2) is 0 Å². The van der Waals surface area contributed by atoms with E-state index in [1.54, 1.807) is 25.1 Å². The summed E-state index contributed by atoms with van der Waals surface area (Å²) >= 11 is 12.9. The maximum absolute atomic E-state index is 14.2. The van der Waals surface area contributed by atoms with Gasteiger partial charge in [0.2, 0.25) is 11.8 Å². The number of halogens is 2. The van der Waals surface area contributed by atoms with Gasteiger partial charge >= 0.3 is 0 Å². The number of aryl methyl sites for hydroxylation is 1. The second kappa shape index (κ2) is 15.4. The predicted octanol–water partition coefficient (Wildman–Crippen LogP) is 5.99. The predicted molar refractivity (Wildman–Crippen MR) is 174 cm³/mol. The van der Waals surface area contributed by atoms with Crippen LogP contribution in [0.5, 0.6) is 5.75 Å². The Morgan fingerprint density at radius 3 is 2.20 bits per heavy atom. The number of nitrogens with zero attached hydrogens (tertiary/aromatic N) is 3. The van der Waals surface area contributed by atoms with Gasteiger partial charge in [0, 0.05) is 40.3 Å². The van der Waals surface area contributed by atoms with Gasteiger partial charge in [-0.1, -0.05) is 56.1 Å². The fourth-order valence-electron chi connectivity index (χ4n) is 4.55. The summed E-state index contributed by atoms with van der Waals surface area (Å²) in [5, 5.41) is 15.0. The van der Waals surface area contributed by atoms with E-state index in [-0.39, 0.29) is 50.8 Å². The number of nitro groups is 1. The van der Waals surface area contributed by atoms with Crippen molar-refractivity contribution in [1.29, 1.82) is 0 Å². The molecule has 0 fully saturated rings. The van der Waals surface area contributed by atoms with Crippen LogP contribution in [0, 0.1) is 23.0 Å². The smallest absolute Gasteiger partial charge is 0.273 e. The van der Waals surface area contributed by atoms with Crippen LogP contribution in [0.2, 0.25) is 10.0 Å². The fraction of sp³-hybridized carbons (Fsp3) is 0.355. The number of sulfonamides is 1. The molecule has 0 spiro atoms. The van der Waals surface area contributed by atoms with E-state index in [2.05, 4.69) is 5.32 Å². The van der Waals surface area contributed by atoms with Gasteiger partial charge in [-0.3, -0.25) is 24.0 Å². The van der Waals surface area contributed by atoms with Gasteiger partial charge in [0.25, 0.3) is 15.7 Å². The number of benzene rings is 3. The minimum Gasteiger partial charge on any atom is -0.497 e. The van der Waals surface area contributed by atoms with E-state index in [9.17, 15) is 28.1 Å². The zero-order chi connectivity index (χ0) is 33.5. The zero-order valence-electron chi connectivity index (χ0n) is 25.6. The highest BCUT2D eigenvalue weighted by molar-refractivity contribution is 7.92. The fourth-order valence-corrected chi connectivity index (χ4v) is 6.50. The lowest BCUT2D eigenvalue weighted by molar-refractivity contribution is -0.385. The van der Waals surface area contributed by atoms with Crippen molar-refractivity contribution in [1.82, 2.24) is 10.2 Å². The van der Waals surface area contributed by atoms with E-state index < -0.39 is 39.3 Å². The molecule has 3 aromatic rings. The van der Waals surface area contributed by atoms with Gasteiger partial charge in [-0.05, 0) is 61.7 Å². The van der Waals surface area contributed by atoms with Crippen LogP contribution >= 0.6 is 23.2 Å². The van der Waals surface area contributed by atoms with Gasteiger partial charge < -0.3 is 15.0 Å². The number of carbonyl (C=O) groups is 2. The Bertz CT molecular complexity index is 1630. The molecule has 45 heavy (non-hydrogen) atoms. The number of nitrogens with one attached hydrogen (secondary N) is 1. The first-order valence-electron chi connectivity index (χ1n) is 14.1. The van der Waals surface area contributed by atoms with Crippen LogP contribution in [-0.4, -0.2) is 56.3 Å². The molecule has 1 N–H and O–H groups in total. The summed E-state index contributed by atoms with van der Waals surface area (Å²) in [6.07, 6.45) is 0.206. The molecule has 0 aromatic heterocycles. The molecule has 0 aliphatic heterocycles. The Labute approximate surface area is 273 Å². The number of nitro benzene ring substituents is 1. The topological polar surface area (TPSA) is 139 Å². The van der Waals surface area contributed by atoms with Crippen LogP contribution in [0.25, 0.3) is 0 Å². The molecular formula is C31H36Cl2N4O7S. The molecule has 3 rings (SSSR count). The summed E-state index contributed by atoms with van der Waals surface area (Å²) in [5.74, 6) is -0.562. The SMILES string of the molecule is CC[C@@H](C(=O)NCC(C)C)N(Cc1c(Cl)cccc1Cl)C(=O)CN(c1ccc(OC)cc1)S(=O)(=O)c1ccc(C)c([N+](=O)[O-])c1. The van der Waals surface area contributed by atoms with Crippen LogP contribution in [0.1, 0.15) is 38.3 Å². The Hall–Kier alpha value is -3.87. The third kappa shape index (κ3) is 8.65. The molecule has 0 unspecified atom stereocenters. The Morgan fingerprint density at radius 1 is 1.04 bits per heavy atom.